The lowest BCUT2D eigenvalue weighted by Gasteiger charge is -2.12. The molecule has 0 spiro atoms. The van der Waals surface area contributed by atoms with Gasteiger partial charge in [0.25, 0.3) is 0 Å². The first-order valence-electron chi connectivity index (χ1n) is 9.31. The summed E-state index contributed by atoms with van der Waals surface area (Å²) in [7, 11) is 0. The Morgan fingerprint density at radius 3 is 2.32 bits per heavy atom. The molecular weight excluding hydrogens is 409 g/mol. The molecule has 1 N–H and O–H groups in total. The van der Waals surface area contributed by atoms with E-state index in [2.05, 4.69) is 0 Å². The van der Waals surface area contributed by atoms with Gasteiger partial charge in [-0.3, -0.25) is 0 Å². The van der Waals surface area contributed by atoms with Crippen LogP contribution < -0.4 is 9.47 Å². The molecule has 0 heterocycles. The fourth-order valence-electron chi connectivity index (χ4n) is 2.82. The SMILES string of the molecule is Cc1cc(Oc2ccccc2OC/C=C/c2ccc(C(F)(F)F)cc2)cc(C(=O)O)c1. The Bertz CT molecular complexity index is 1090. The third-order valence-corrected chi connectivity index (χ3v) is 4.26. The lowest BCUT2D eigenvalue weighted by Crippen LogP contribution is -2.04. The van der Waals surface area contributed by atoms with Crippen LogP contribution in [0.1, 0.15) is 27.0 Å². The molecule has 160 valence electrons. The second-order valence-corrected chi connectivity index (χ2v) is 6.72. The third-order valence-electron chi connectivity index (χ3n) is 4.26. The monoisotopic (exact) mass is 428 g/mol. The highest BCUT2D eigenvalue weighted by atomic mass is 19.4. The molecule has 0 saturated heterocycles. The molecule has 0 saturated carbocycles. The number of carbonyl (C=O) groups is 1. The van der Waals surface area contributed by atoms with Gasteiger partial charge in [-0.25, -0.2) is 4.79 Å². The van der Waals surface area contributed by atoms with E-state index in [0.717, 1.165) is 17.7 Å². The first kappa shape index (κ1) is 22.0. The first-order chi connectivity index (χ1) is 14.7. The Balaban J connectivity index is 1.66. The largest absolute Gasteiger partial charge is 0.486 e. The van der Waals surface area contributed by atoms with Gasteiger partial charge in [-0.2, -0.15) is 13.2 Å². The maximum atomic E-state index is 12.6. The number of benzene rings is 3. The number of rotatable bonds is 7. The summed E-state index contributed by atoms with van der Waals surface area (Å²) in [5, 5.41) is 9.20. The molecule has 0 radical (unpaired) electrons. The Morgan fingerprint density at radius 2 is 1.68 bits per heavy atom. The third kappa shape index (κ3) is 6.12. The van der Waals surface area contributed by atoms with Crippen molar-refractivity contribution in [2.24, 2.45) is 0 Å². The highest BCUT2D eigenvalue weighted by Crippen LogP contribution is 2.32. The zero-order valence-electron chi connectivity index (χ0n) is 16.5. The first-order valence-corrected chi connectivity index (χ1v) is 9.31. The molecule has 3 rings (SSSR count). The minimum absolute atomic E-state index is 0.118. The van der Waals surface area contributed by atoms with Gasteiger partial charge in [0.05, 0.1) is 11.1 Å². The van der Waals surface area contributed by atoms with Crippen LogP contribution in [-0.2, 0) is 6.18 Å². The molecule has 0 unspecified atom stereocenters. The summed E-state index contributed by atoms with van der Waals surface area (Å²) in [5.41, 5.74) is 0.775. The molecule has 0 aliphatic heterocycles. The van der Waals surface area contributed by atoms with E-state index in [0.29, 0.717) is 22.8 Å². The van der Waals surface area contributed by atoms with E-state index in [1.165, 1.54) is 18.2 Å². The summed E-state index contributed by atoms with van der Waals surface area (Å²) in [5.74, 6) is 0.172. The van der Waals surface area contributed by atoms with Gasteiger partial charge in [0.2, 0.25) is 0 Å². The number of hydrogen-bond donors (Lipinski definition) is 1. The van der Waals surface area contributed by atoms with E-state index in [1.807, 2.05) is 0 Å². The van der Waals surface area contributed by atoms with Crippen molar-refractivity contribution in [1.29, 1.82) is 0 Å². The highest BCUT2D eigenvalue weighted by molar-refractivity contribution is 5.88. The molecule has 3 aromatic rings. The highest BCUT2D eigenvalue weighted by Gasteiger charge is 2.29. The van der Waals surface area contributed by atoms with Crippen molar-refractivity contribution >= 4 is 12.0 Å². The van der Waals surface area contributed by atoms with Gasteiger partial charge < -0.3 is 14.6 Å². The average molecular weight is 428 g/mol. The number of carboxylic acid groups (broad SMARTS) is 1. The fourth-order valence-corrected chi connectivity index (χ4v) is 2.82. The summed E-state index contributed by atoms with van der Waals surface area (Å²) in [6.45, 7) is 1.93. The second-order valence-electron chi connectivity index (χ2n) is 6.72. The average Bonchev–Trinajstić information content (AvgIpc) is 2.71. The topological polar surface area (TPSA) is 55.8 Å². The van der Waals surface area contributed by atoms with Crippen molar-refractivity contribution < 1.29 is 32.5 Å². The molecular formula is C24H19F3O4. The predicted molar refractivity (Wildman–Crippen MR) is 111 cm³/mol. The van der Waals surface area contributed by atoms with Crippen molar-refractivity contribution in [2.45, 2.75) is 13.1 Å². The lowest BCUT2D eigenvalue weighted by atomic mass is 10.1. The maximum absolute atomic E-state index is 12.6. The van der Waals surface area contributed by atoms with E-state index < -0.39 is 17.7 Å². The van der Waals surface area contributed by atoms with Gasteiger partial charge >= 0.3 is 12.1 Å². The molecule has 4 nitrogen and oxygen atoms in total. The second kappa shape index (κ2) is 9.38. The van der Waals surface area contributed by atoms with E-state index in [-0.39, 0.29) is 12.2 Å². The van der Waals surface area contributed by atoms with Gasteiger partial charge in [-0.15, -0.1) is 0 Å². The zero-order chi connectivity index (χ0) is 22.4. The standard InChI is InChI=1S/C24H19F3O4/c1-16-13-18(23(28)29)15-20(14-16)31-22-7-3-2-6-21(22)30-12-4-5-17-8-10-19(11-9-17)24(25,26)27/h2-11,13-15H,12H2,1H3,(H,28,29)/b5-4+. The normalized spacial score (nSPS) is 11.5. The summed E-state index contributed by atoms with van der Waals surface area (Å²) in [6.07, 6.45) is -1.03. The summed E-state index contributed by atoms with van der Waals surface area (Å²) >= 11 is 0. The number of aromatic carboxylic acids is 1. The van der Waals surface area contributed by atoms with Crippen molar-refractivity contribution in [1.82, 2.24) is 0 Å². The van der Waals surface area contributed by atoms with E-state index in [4.69, 9.17) is 9.47 Å². The van der Waals surface area contributed by atoms with Crippen molar-refractivity contribution in [3.63, 3.8) is 0 Å². The van der Waals surface area contributed by atoms with E-state index in [1.54, 1.807) is 55.5 Å². The summed E-state index contributed by atoms with van der Waals surface area (Å²) in [4.78, 5) is 11.2. The zero-order valence-corrected chi connectivity index (χ0v) is 16.5. The molecule has 0 bridgehead atoms. The van der Waals surface area contributed by atoms with Crippen LogP contribution in [0.2, 0.25) is 0 Å². The molecule has 3 aromatic carbocycles. The molecule has 0 aromatic heterocycles. The predicted octanol–water partition coefficient (Wildman–Crippen LogP) is 6.60. The van der Waals surface area contributed by atoms with Crippen molar-refractivity contribution in [2.75, 3.05) is 6.61 Å². The fraction of sp³-hybridized carbons (Fsp3) is 0.125. The van der Waals surface area contributed by atoms with Gasteiger partial charge in [0, 0.05) is 0 Å². The van der Waals surface area contributed by atoms with Gasteiger partial charge in [-0.05, 0) is 66.6 Å². The number of para-hydroxylation sites is 2. The van der Waals surface area contributed by atoms with Gasteiger partial charge in [-0.1, -0.05) is 30.3 Å². The Hall–Kier alpha value is -3.74. The molecule has 0 aliphatic carbocycles. The number of aryl methyl sites for hydroxylation is 1. The Kier molecular flexibility index (Phi) is 6.65. The van der Waals surface area contributed by atoms with E-state index in [9.17, 15) is 23.1 Å². The van der Waals surface area contributed by atoms with Gasteiger partial charge in [0.1, 0.15) is 12.4 Å². The molecule has 0 fully saturated rings. The number of hydrogen-bond acceptors (Lipinski definition) is 3. The quantitative estimate of drug-likeness (QED) is 0.461. The van der Waals surface area contributed by atoms with Crippen molar-refractivity contribution in [3.8, 4) is 17.2 Å². The minimum atomic E-state index is -4.36. The molecule has 0 aliphatic rings. The van der Waals surface area contributed by atoms with Crippen LogP contribution in [0.3, 0.4) is 0 Å². The van der Waals surface area contributed by atoms with Gasteiger partial charge in [0.15, 0.2) is 11.5 Å². The number of halogens is 3. The summed E-state index contributed by atoms with van der Waals surface area (Å²) < 4.78 is 49.4. The van der Waals surface area contributed by atoms with Crippen LogP contribution >= 0.6 is 0 Å². The van der Waals surface area contributed by atoms with Crippen LogP contribution in [0.15, 0.2) is 72.8 Å². The van der Waals surface area contributed by atoms with E-state index >= 15 is 0 Å². The molecule has 0 amide bonds. The number of ether oxygens (including phenoxy) is 2. The Morgan fingerprint density at radius 1 is 1.00 bits per heavy atom. The molecule has 7 heteroatoms. The Labute approximate surface area is 177 Å². The summed E-state index contributed by atoms with van der Waals surface area (Å²) in [6, 6.07) is 16.4. The van der Waals surface area contributed by atoms with Crippen LogP contribution in [-0.4, -0.2) is 17.7 Å². The van der Waals surface area contributed by atoms with Crippen LogP contribution in [0.25, 0.3) is 6.08 Å². The smallest absolute Gasteiger partial charge is 0.416 e. The molecule has 31 heavy (non-hydrogen) atoms. The minimum Gasteiger partial charge on any atom is -0.486 e. The van der Waals surface area contributed by atoms with Crippen LogP contribution in [0.5, 0.6) is 17.2 Å². The number of carboxylic acids is 1. The number of alkyl halides is 3. The maximum Gasteiger partial charge on any atom is 0.416 e. The van der Waals surface area contributed by atoms with Crippen LogP contribution in [0.4, 0.5) is 13.2 Å². The van der Waals surface area contributed by atoms with Crippen molar-refractivity contribution in [3.05, 3.63) is 95.1 Å². The van der Waals surface area contributed by atoms with Crippen LogP contribution in [0, 0.1) is 6.92 Å². The lowest BCUT2D eigenvalue weighted by molar-refractivity contribution is -0.137. The molecule has 0 atom stereocenters.